The maximum atomic E-state index is 13.4. The van der Waals surface area contributed by atoms with Crippen LogP contribution in [0.3, 0.4) is 0 Å². The SMILES string of the molecule is CC1=CC(C)(C)Nc2cc3c(cc21)C(c1ccc(C(=O)NCCCCCC(=O)NCCOCCNC(=O)CCCCCNC(=O)c2ccc(C4=c5cc6c(cc5Oc5cc7c(cc54)C(C)=CC(C)(C)N7)=[NH+]C(C)(C)C=C6C)cc2)cc1)=c1cc2c(cc1C3)=[NH+]C(C)(C)C=C2C. The minimum absolute atomic E-state index is 0.0367. The van der Waals surface area contributed by atoms with Crippen LogP contribution in [0.25, 0.3) is 33.4 Å². The van der Waals surface area contributed by atoms with Gasteiger partial charge in [0.2, 0.25) is 22.5 Å². The van der Waals surface area contributed by atoms with E-state index in [0.29, 0.717) is 76.2 Å². The molecule has 5 heterocycles. The summed E-state index contributed by atoms with van der Waals surface area (Å²) in [6.07, 6.45) is 15.3. The van der Waals surface area contributed by atoms with E-state index in [2.05, 4.69) is 210 Å². The van der Waals surface area contributed by atoms with E-state index in [9.17, 15) is 19.2 Å². The fourth-order valence-corrected chi connectivity index (χ4v) is 14.9. The van der Waals surface area contributed by atoms with Crippen molar-refractivity contribution in [3.63, 3.8) is 0 Å². The molecule has 12 rings (SSSR count). The lowest BCUT2D eigenvalue weighted by Crippen LogP contribution is -2.89. The topological polar surface area (TPSA) is 187 Å². The normalized spacial score (nSPS) is 16.7. The molecule has 0 saturated heterocycles. The summed E-state index contributed by atoms with van der Waals surface area (Å²) < 4.78 is 12.4. The summed E-state index contributed by atoms with van der Waals surface area (Å²) in [6.45, 7) is 28.7. The largest absolute Gasteiger partial charge is 0.456 e. The van der Waals surface area contributed by atoms with E-state index in [4.69, 9.17) is 9.47 Å². The molecule has 0 unspecified atom stereocenters. The van der Waals surface area contributed by atoms with Gasteiger partial charge in [-0.3, -0.25) is 19.2 Å². The molecule has 0 radical (unpaired) electrons. The number of ether oxygens (including phenoxy) is 2. The van der Waals surface area contributed by atoms with E-state index in [1.54, 1.807) is 0 Å². The number of hydrogen-bond donors (Lipinski definition) is 8. The molecule has 0 saturated carbocycles. The number of carbonyl (C=O) groups excluding carboxylic acids is 4. The first-order chi connectivity index (χ1) is 45.3. The van der Waals surface area contributed by atoms with Crippen LogP contribution in [0.15, 0.2) is 121 Å². The van der Waals surface area contributed by atoms with Crippen LogP contribution >= 0.6 is 0 Å². The molecular weight excluding hydrogens is 1180 g/mol. The van der Waals surface area contributed by atoms with Crippen LogP contribution < -0.4 is 67.8 Å². The Hall–Kier alpha value is -9.14. The van der Waals surface area contributed by atoms with Crippen molar-refractivity contribution in [3.05, 3.63) is 209 Å². The molecule has 8 N–H and O–H groups in total. The summed E-state index contributed by atoms with van der Waals surface area (Å²) >= 11 is 0. The number of anilines is 2. The van der Waals surface area contributed by atoms with E-state index in [0.717, 1.165) is 104 Å². The van der Waals surface area contributed by atoms with Crippen LogP contribution in [0.5, 0.6) is 11.5 Å². The van der Waals surface area contributed by atoms with Crippen LogP contribution in [0, 0.1) is 0 Å². The average Bonchev–Trinajstić information content (AvgIpc) is 0.736. The standard InChI is InChI=1S/C81H92N8O6/c1-48-44-78(5,6)86-66-36-56-35-57-37-67-59(49(2)45-79(7,8)87-67)39-63(57)74(62(56)38-58(48)66)52-21-25-54(26-22-52)76(92)84-29-17-13-15-19-72(90)82-31-33-94-34-32-83-73(91)20-16-14-18-30-85-77(93)55-27-23-53(24-28-55)75-64-40-60-50(3)46-80(9,10)88-68(60)42-70(64)95-71-43-69-61(41-65(71)75)51(4)47-81(11,12)89-69/h21-28,36-47,86,88H,13-20,29-35H2,1-12H3,(H,82,90)(H,83,91)(H,84,92)(H,85,93)/p+2. The van der Waals surface area contributed by atoms with E-state index in [1.165, 1.54) is 60.9 Å². The molecule has 5 aliphatic heterocycles. The second-order valence-corrected chi connectivity index (χ2v) is 29.2. The van der Waals surface area contributed by atoms with Crippen LogP contribution in [0.2, 0.25) is 0 Å². The van der Waals surface area contributed by atoms with Gasteiger partial charge < -0.3 is 41.4 Å². The molecular formula is C81H94N8O6+2. The minimum atomic E-state index is -0.195. The maximum absolute atomic E-state index is 13.4. The highest BCUT2D eigenvalue weighted by molar-refractivity contribution is 5.97. The van der Waals surface area contributed by atoms with Gasteiger partial charge in [-0.25, -0.2) is 9.98 Å². The Kier molecular flexibility index (Phi) is 18.4. The zero-order valence-electron chi connectivity index (χ0n) is 57.6. The van der Waals surface area contributed by atoms with Crippen LogP contribution in [-0.2, 0) is 20.7 Å². The molecule has 14 heteroatoms. The zero-order valence-corrected chi connectivity index (χ0v) is 57.6. The number of hydrogen-bond acceptors (Lipinski definition) is 8. The van der Waals surface area contributed by atoms with E-state index in [1.807, 2.05) is 36.4 Å². The van der Waals surface area contributed by atoms with Gasteiger partial charge in [0.05, 0.1) is 30.4 Å². The lowest BCUT2D eigenvalue weighted by molar-refractivity contribution is -0.568. The van der Waals surface area contributed by atoms with Crippen molar-refractivity contribution in [1.82, 2.24) is 21.3 Å². The van der Waals surface area contributed by atoms with Crippen molar-refractivity contribution in [2.24, 2.45) is 0 Å². The third-order valence-electron chi connectivity index (χ3n) is 19.0. The number of unbranched alkanes of at least 4 members (excludes halogenated alkanes) is 4. The van der Waals surface area contributed by atoms with Gasteiger partial charge in [0.25, 0.3) is 11.8 Å². The highest BCUT2D eigenvalue weighted by Gasteiger charge is 2.33. The Morgan fingerprint density at radius 1 is 0.453 bits per heavy atom. The van der Waals surface area contributed by atoms with Gasteiger partial charge in [0, 0.05) is 140 Å². The number of fused-ring (bicyclic) bond motifs is 8. The van der Waals surface area contributed by atoms with Crippen molar-refractivity contribution < 1.29 is 38.6 Å². The molecule has 6 aliphatic rings. The maximum Gasteiger partial charge on any atom is 0.251 e. The fraction of sp³-hybridized carbons (Fsp3) is 0.383. The molecule has 6 aromatic carbocycles. The van der Waals surface area contributed by atoms with Crippen molar-refractivity contribution in [2.75, 3.05) is 50.0 Å². The Bertz CT molecular complexity index is 4240. The van der Waals surface area contributed by atoms with Crippen molar-refractivity contribution >= 4 is 68.4 Å². The third kappa shape index (κ3) is 14.7. The van der Waals surface area contributed by atoms with E-state index < -0.39 is 0 Å². The lowest BCUT2D eigenvalue weighted by atomic mass is 9.79. The van der Waals surface area contributed by atoms with Gasteiger partial charge in [0.15, 0.2) is 11.1 Å². The first kappa shape index (κ1) is 65.9. The first-order valence-corrected chi connectivity index (χ1v) is 34.2. The summed E-state index contributed by atoms with van der Waals surface area (Å²) in [5.41, 5.74) is 21.5. The van der Waals surface area contributed by atoms with Crippen LogP contribution in [0.1, 0.15) is 211 Å². The predicted molar refractivity (Wildman–Crippen MR) is 380 cm³/mol. The number of allylic oxidation sites excluding steroid dienone is 4. The summed E-state index contributed by atoms with van der Waals surface area (Å²) in [7, 11) is 0. The van der Waals surface area contributed by atoms with Gasteiger partial charge in [-0.1, -0.05) is 49.3 Å². The van der Waals surface area contributed by atoms with Gasteiger partial charge >= 0.3 is 0 Å². The number of nitrogens with one attached hydrogen (secondary N) is 8. The van der Waals surface area contributed by atoms with Crippen molar-refractivity contribution in [1.29, 1.82) is 0 Å². The summed E-state index contributed by atoms with van der Waals surface area (Å²) in [5, 5.41) is 23.9. The summed E-state index contributed by atoms with van der Waals surface area (Å²) in [4.78, 5) is 59.4. The minimum Gasteiger partial charge on any atom is -0.456 e. The van der Waals surface area contributed by atoms with Crippen molar-refractivity contribution in [2.45, 2.75) is 163 Å². The molecule has 0 atom stereocenters. The molecule has 6 aromatic rings. The Balaban J connectivity index is 0.532. The number of amides is 4. The number of benzene rings is 6. The smallest absolute Gasteiger partial charge is 0.251 e. The van der Waals surface area contributed by atoms with E-state index >= 15 is 0 Å². The Labute approximate surface area is 559 Å². The number of carbonyl (C=O) groups is 4. The zero-order chi connectivity index (χ0) is 67.1. The van der Waals surface area contributed by atoms with Gasteiger partial charge in [-0.15, -0.1) is 0 Å². The summed E-state index contributed by atoms with van der Waals surface area (Å²) in [6, 6.07) is 34.0. The van der Waals surface area contributed by atoms with Crippen LogP contribution in [-0.4, -0.2) is 85.2 Å². The fourth-order valence-electron chi connectivity index (χ4n) is 14.9. The van der Waals surface area contributed by atoms with E-state index in [-0.39, 0.29) is 45.8 Å². The van der Waals surface area contributed by atoms with Crippen LogP contribution in [0.4, 0.5) is 11.4 Å². The highest BCUT2D eigenvalue weighted by atomic mass is 16.5. The summed E-state index contributed by atoms with van der Waals surface area (Å²) in [5.74, 6) is 1.24. The molecule has 14 nitrogen and oxygen atoms in total. The van der Waals surface area contributed by atoms with Gasteiger partial charge in [-0.2, -0.15) is 0 Å². The molecule has 0 aromatic heterocycles. The molecule has 4 amide bonds. The molecule has 0 fully saturated rings. The van der Waals surface area contributed by atoms with Gasteiger partial charge in [-0.05, 0) is 215 Å². The molecule has 0 bridgehead atoms. The quantitative estimate of drug-likeness (QED) is 0.0310. The molecule has 95 heavy (non-hydrogen) atoms. The van der Waals surface area contributed by atoms with Crippen molar-refractivity contribution in [3.8, 4) is 11.5 Å². The Morgan fingerprint density at radius 2 is 0.916 bits per heavy atom. The second-order valence-electron chi connectivity index (χ2n) is 29.2. The monoisotopic (exact) mass is 1270 g/mol. The first-order valence-electron chi connectivity index (χ1n) is 34.2. The Morgan fingerprint density at radius 3 is 1.44 bits per heavy atom. The lowest BCUT2D eigenvalue weighted by Gasteiger charge is -2.33. The molecule has 0 spiro atoms. The second kappa shape index (κ2) is 26.6. The molecule has 492 valence electrons. The number of rotatable bonds is 22. The highest BCUT2D eigenvalue weighted by Crippen LogP contribution is 2.45. The third-order valence-corrected chi connectivity index (χ3v) is 19.0. The van der Waals surface area contributed by atoms with Gasteiger partial charge in [0.1, 0.15) is 11.5 Å². The predicted octanol–water partition coefficient (Wildman–Crippen LogP) is 8.73. The average molecular weight is 1280 g/mol. The molecule has 1 aliphatic carbocycles.